The topological polar surface area (TPSA) is 116 Å². The number of amides is 1. The van der Waals surface area contributed by atoms with Gasteiger partial charge in [0.05, 0.1) is 24.1 Å². The SMILES string of the molecule is Cc1ccc(-c2nn(C3CCC(CO)CC3)cc2-n2cc(C(N)=O)c3nccc[n+]32)nc1. The lowest BCUT2D eigenvalue weighted by Gasteiger charge is -2.27. The van der Waals surface area contributed by atoms with Crippen LogP contribution in [-0.2, 0) is 0 Å². The van der Waals surface area contributed by atoms with Gasteiger partial charge in [0, 0.05) is 18.9 Å². The number of rotatable bonds is 5. The average molecular weight is 433 g/mol. The first-order valence-corrected chi connectivity index (χ1v) is 10.9. The highest BCUT2D eigenvalue weighted by molar-refractivity contribution is 5.97. The Labute approximate surface area is 185 Å². The molecule has 0 aromatic carbocycles. The fourth-order valence-corrected chi connectivity index (χ4v) is 4.45. The molecule has 1 aliphatic carbocycles. The zero-order valence-electron chi connectivity index (χ0n) is 17.9. The number of primary amides is 1. The van der Waals surface area contributed by atoms with Gasteiger partial charge < -0.3 is 10.8 Å². The molecule has 9 heteroatoms. The maximum absolute atomic E-state index is 12.1. The van der Waals surface area contributed by atoms with E-state index in [0.717, 1.165) is 48.3 Å². The lowest BCUT2D eigenvalue weighted by atomic mass is 9.87. The summed E-state index contributed by atoms with van der Waals surface area (Å²) in [5.41, 5.74) is 9.78. The molecule has 164 valence electrons. The summed E-state index contributed by atoms with van der Waals surface area (Å²) < 4.78 is 5.65. The molecule has 4 heterocycles. The molecule has 0 spiro atoms. The van der Waals surface area contributed by atoms with Gasteiger partial charge in [0.1, 0.15) is 23.8 Å². The van der Waals surface area contributed by atoms with E-state index in [1.165, 1.54) is 0 Å². The van der Waals surface area contributed by atoms with Gasteiger partial charge in [-0.15, -0.1) is 4.52 Å². The molecule has 0 unspecified atom stereocenters. The normalized spacial score (nSPS) is 18.8. The van der Waals surface area contributed by atoms with Crippen molar-refractivity contribution in [2.24, 2.45) is 11.7 Å². The Bertz CT molecular complexity index is 1270. The third-order valence-electron chi connectivity index (χ3n) is 6.28. The Morgan fingerprint density at radius 3 is 2.72 bits per heavy atom. The maximum atomic E-state index is 12.1. The van der Waals surface area contributed by atoms with Crippen molar-refractivity contribution in [2.75, 3.05) is 6.61 Å². The predicted molar refractivity (Wildman–Crippen MR) is 117 cm³/mol. The first-order chi connectivity index (χ1) is 15.5. The van der Waals surface area contributed by atoms with Gasteiger partial charge in [-0.2, -0.15) is 9.78 Å². The van der Waals surface area contributed by atoms with Gasteiger partial charge in [-0.3, -0.25) is 14.5 Å². The largest absolute Gasteiger partial charge is 0.396 e. The summed E-state index contributed by atoms with van der Waals surface area (Å²) in [6.45, 7) is 2.24. The summed E-state index contributed by atoms with van der Waals surface area (Å²) in [7, 11) is 0. The van der Waals surface area contributed by atoms with E-state index in [4.69, 9.17) is 10.8 Å². The number of nitrogens with zero attached hydrogens (tertiary/aromatic N) is 6. The molecule has 0 atom stereocenters. The van der Waals surface area contributed by atoms with E-state index in [-0.39, 0.29) is 12.6 Å². The third-order valence-corrected chi connectivity index (χ3v) is 6.28. The minimum Gasteiger partial charge on any atom is -0.396 e. The van der Waals surface area contributed by atoms with Crippen LogP contribution >= 0.6 is 0 Å². The Morgan fingerprint density at radius 1 is 1.22 bits per heavy atom. The molecule has 1 aliphatic rings. The minimum atomic E-state index is -0.537. The Balaban J connectivity index is 1.66. The molecule has 0 radical (unpaired) electrons. The maximum Gasteiger partial charge on any atom is 0.361 e. The molecule has 0 bridgehead atoms. The van der Waals surface area contributed by atoms with Crippen molar-refractivity contribution in [3.63, 3.8) is 0 Å². The highest BCUT2D eigenvalue weighted by Crippen LogP contribution is 2.34. The van der Waals surface area contributed by atoms with Crippen LogP contribution in [0.25, 0.3) is 22.7 Å². The molecular formula is C23H26N7O2+. The Hall–Kier alpha value is -3.59. The molecule has 5 rings (SSSR count). The van der Waals surface area contributed by atoms with E-state index in [2.05, 4.69) is 9.97 Å². The van der Waals surface area contributed by atoms with Crippen molar-refractivity contribution >= 4 is 11.6 Å². The molecule has 1 fully saturated rings. The number of aryl methyl sites for hydroxylation is 1. The number of carbonyl (C=O) groups excluding carboxylic acids is 1. The van der Waals surface area contributed by atoms with Crippen LogP contribution in [0, 0.1) is 12.8 Å². The van der Waals surface area contributed by atoms with Crippen LogP contribution in [0.2, 0.25) is 0 Å². The number of hydrogen-bond acceptors (Lipinski definition) is 5. The van der Waals surface area contributed by atoms with E-state index in [0.29, 0.717) is 17.1 Å². The Morgan fingerprint density at radius 2 is 2.03 bits per heavy atom. The number of aliphatic hydroxyl groups excluding tert-OH is 1. The number of nitrogens with two attached hydrogens (primary N) is 1. The highest BCUT2D eigenvalue weighted by atomic mass is 16.3. The summed E-state index contributed by atoms with van der Waals surface area (Å²) in [4.78, 5) is 21.0. The molecule has 32 heavy (non-hydrogen) atoms. The number of hydrogen-bond donors (Lipinski definition) is 2. The molecule has 0 aliphatic heterocycles. The van der Waals surface area contributed by atoms with Crippen molar-refractivity contribution in [3.05, 3.63) is 60.3 Å². The number of aromatic nitrogens is 6. The number of pyridine rings is 1. The van der Waals surface area contributed by atoms with Crippen molar-refractivity contribution in [3.8, 4) is 17.1 Å². The van der Waals surface area contributed by atoms with Crippen molar-refractivity contribution in [1.82, 2.24) is 24.4 Å². The minimum absolute atomic E-state index is 0.241. The van der Waals surface area contributed by atoms with Gasteiger partial charge in [-0.25, -0.2) is 0 Å². The van der Waals surface area contributed by atoms with Crippen LogP contribution in [0.4, 0.5) is 0 Å². The number of fused-ring (bicyclic) bond motifs is 1. The lowest BCUT2D eigenvalue weighted by Crippen LogP contribution is -2.31. The summed E-state index contributed by atoms with van der Waals surface area (Å²) in [6.07, 6.45) is 12.9. The number of carbonyl (C=O) groups is 1. The smallest absolute Gasteiger partial charge is 0.361 e. The van der Waals surface area contributed by atoms with E-state index in [1.54, 1.807) is 23.0 Å². The van der Waals surface area contributed by atoms with E-state index in [9.17, 15) is 9.90 Å². The van der Waals surface area contributed by atoms with E-state index >= 15 is 0 Å². The molecule has 9 nitrogen and oxygen atoms in total. The first-order valence-electron chi connectivity index (χ1n) is 10.9. The standard InChI is InChI=1S/C23H25N7O2/c1-15-3-8-19(26-11-15)21-20(13-28(27-21)17-6-4-16(14-31)5-7-17)30-12-18(22(24)32)23-25-9-2-10-29(23)30/h2-3,8-13,16-17,31H,4-7,14H2,1H3,(H-,24,32)/p+1. The van der Waals surface area contributed by atoms with Crippen molar-refractivity contribution < 1.29 is 14.4 Å². The second-order valence-electron chi connectivity index (χ2n) is 8.46. The van der Waals surface area contributed by atoms with Crippen LogP contribution in [0.1, 0.15) is 47.6 Å². The van der Waals surface area contributed by atoms with Gasteiger partial charge in [0.2, 0.25) is 0 Å². The summed E-state index contributed by atoms with van der Waals surface area (Å²) >= 11 is 0. The lowest BCUT2D eigenvalue weighted by molar-refractivity contribution is -0.600. The molecule has 0 saturated heterocycles. The zero-order chi connectivity index (χ0) is 22.2. The second-order valence-corrected chi connectivity index (χ2v) is 8.46. The zero-order valence-corrected chi connectivity index (χ0v) is 17.9. The molecule has 1 amide bonds. The molecule has 1 saturated carbocycles. The molecule has 4 aromatic heterocycles. The van der Waals surface area contributed by atoms with Gasteiger partial charge in [0.15, 0.2) is 5.56 Å². The van der Waals surface area contributed by atoms with Gasteiger partial charge >= 0.3 is 5.65 Å². The monoisotopic (exact) mass is 432 g/mol. The second kappa shape index (κ2) is 8.16. The van der Waals surface area contributed by atoms with Crippen LogP contribution in [0.15, 0.2) is 49.2 Å². The van der Waals surface area contributed by atoms with Crippen LogP contribution in [0.3, 0.4) is 0 Å². The van der Waals surface area contributed by atoms with E-state index in [1.807, 2.05) is 47.0 Å². The fourth-order valence-electron chi connectivity index (χ4n) is 4.45. The van der Waals surface area contributed by atoms with Crippen LogP contribution in [-0.4, -0.2) is 42.1 Å². The Kier molecular flexibility index (Phi) is 5.18. The quantitative estimate of drug-likeness (QED) is 0.468. The van der Waals surface area contributed by atoms with Gasteiger partial charge in [0.25, 0.3) is 5.91 Å². The van der Waals surface area contributed by atoms with E-state index < -0.39 is 5.91 Å². The number of aliphatic hydroxyl groups is 1. The molecule has 3 N–H and O–H groups in total. The molecular weight excluding hydrogens is 406 g/mol. The summed E-state index contributed by atoms with van der Waals surface area (Å²) in [6, 6.07) is 6.02. The molecule has 4 aromatic rings. The van der Waals surface area contributed by atoms with Crippen LogP contribution in [0.5, 0.6) is 0 Å². The predicted octanol–water partition coefficient (Wildman–Crippen LogP) is 2.00. The first kappa shape index (κ1) is 20.3. The average Bonchev–Trinajstić information content (AvgIpc) is 3.42. The summed E-state index contributed by atoms with van der Waals surface area (Å²) in [5, 5.41) is 14.4. The fraction of sp³-hybridized carbons (Fsp3) is 0.348. The third kappa shape index (κ3) is 3.54. The van der Waals surface area contributed by atoms with Crippen molar-refractivity contribution in [1.29, 1.82) is 0 Å². The van der Waals surface area contributed by atoms with Crippen molar-refractivity contribution in [2.45, 2.75) is 38.6 Å². The van der Waals surface area contributed by atoms with Gasteiger partial charge in [-0.05, 0) is 55.1 Å². The van der Waals surface area contributed by atoms with Crippen LogP contribution < -0.4 is 10.2 Å². The highest BCUT2D eigenvalue weighted by Gasteiger charge is 2.28. The summed E-state index contributed by atoms with van der Waals surface area (Å²) in [5.74, 6) is -0.169. The van der Waals surface area contributed by atoms with Gasteiger partial charge in [-0.1, -0.05) is 6.07 Å².